The molecule has 3 aromatic heterocycles. The van der Waals surface area contributed by atoms with Gasteiger partial charge >= 0.3 is 0 Å². The molecule has 0 saturated heterocycles. The van der Waals surface area contributed by atoms with Crippen LogP contribution >= 0.6 is 0 Å². The smallest absolute Gasteiger partial charge is 0.204 e. The Bertz CT molecular complexity index is 724. The van der Waals surface area contributed by atoms with E-state index in [0.717, 1.165) is 11.3 Å². The molecule has 0 aliphatic heterocycles. The Balaban J connectivity index is 1.96. The predicted octanol–water partition coefficient (Wildman–Crippen LogP) is 1.13. The molecule has 0 aliphatic rings. The molecule has 5 nitrogen and oxygen atoms in total. The van der Waals surface area contributed by atoms with Crippen molar-refractivity contribution in [1.29, 1.82) is 0 Å². The van der Waals surface area contributed by atoms with Crippen LogP contribution in [0, 0.1) is 0 Å². The van der Waals surface area contributed by atoms with Gasteiger partial charge in [-0.15, -0.1) is 0 Å². The molecule has 2 N–H and O–H groups in total. The van der Waals surface area contributed by atoms with Crippen LogP contribution in [0.15, 0.2) is 53.8 Å². The van der Waals surface area contributed by atoms with Gasteiger partial charge in [-0.2, -0.15) is 0 Å². The standard InChI is InChI=1S/C13H12N4O/c14-11-9-16(6-4-12(11)18)7-10-8-17-5-2-1-3-13(17)15-10/h1-6,8-9H,7,14H2. The first-order valence-corrected chi connectivity index (χ1v) is 5.60. The van der Waals surface area contributed by atoms with E-state index in [9.17, 15) is 4.79 Å². The minimum Gasteiger partial charge on any atom is -0.394 e. The molecule has 3 rings (SSSR count). The molecule has 0 fully saturated rings. The Morgan fingerprint density at radius 1 is 1.17 bits per heavy atom. The predicted molar refractivity (Wildman–Crippen MR) is 69.4 cm³/mol. The summed E-state index contributed by atoms with van der Waals surface area (Å²) >= 11 is 0. The van der Waals surface area contributed by atoms with Crippen LogP contribution in [0.1, 0.15) is 5.69 Å². The van der Waals surface area contributed by atoms with E-state index in [1.54, 1.807) is 12.4 Å². The van der Waals surface area contributed by atoms with Gasteiger partial charge in [0.1, 0.15) is 5.65 Å². The molecule has 0 aliphatic carbocycles. The van der Waals surface area contributed by atoms with E-state index in [1.807, 2.05) is 39.6 Å². The van der Waals surface area contributed by atoms with E-state index >= 15 is 0 Å². The molecule has 0 bridgehead atoms. The number of nitrogens with two attached hydrogens (primary N) is 1. The zero-order chi connectivity index (χ0) is 12.5. The van der Waals surface area contributed by atoms with Crippen molar-refractivity contribution in [1.82, 2.24) is 14.0 Å². The lowest BCUT2D eigenvalue weighted by Gasteiger charge is -2.03. The zero-order valence-electron chi connectivity index (χ0n) is 9.65. The van der Waals surface area contributed by atoms with Gasteiger partial charge in [0.15, 0.2) is 0 Å². The van der Waals surface area contributed by atoms with E-state index in [-0.39, 0.29) is 11.1 Å². The number of anilines is 1. The molecule has 0 saturated carbocycles. The maximum absolute atomic E-state index is 11.2. The lowest BCUT2D eigenvalue weighted by Crippen LogP contribution is -2.11. The molecule has 0 amide bonds. The highest BCUT2D eigenvalue weighted by atomic mass is 16.1. The van der Waals surface area contributed by atoms with Crippen LogP contribution in [0.3, 0.4) is 0 Å². The number of pyridine rings is 2. The van der Waals surface area contributed by atoms with E-state index in [2.05, 4.69) is 4.98 Å². The molecular weight excluding hydrogens is 228 g/mol. The Morgan fingerprint density at radius 3 is 2.83 bits per heavy atom. The van der Waals surface area contributed by atoms with Crippen LogP contribution in [0.25, 0.3) is 5.65 Å². The highest BCUT2D eigenvalue weighted by molar-refractivity contribution is 5.39. The molecule has 18 heavy (non-hydrogen) atoms. The van der Waals surface area contributed by atoms with Gasteiger partial charge in [0.2, 0.25) is 5.43 Å². The quantitative estimate of drug-likeness (QED) is 0.730. The third-order valence-corrected chi connectivity index (χ3v) is 2.77. The molecule has 5 heteroatoms. The summed E-state index contributed by atoms with van der Waals surface area (Å²) in [5, 5.41) is 0. The SMILES string of the molecule is Nc1cn(Cc2cn3ccccc3n2)ccc1=O. The summed E-state index contributed by atoms with van der Waals surface area (Å²) in [5.41, 5.74) is 7.51. The fourth-order valence-corrected chi connectivity index (χ4v) is 1.89. The number of rotatable bonds is 2. The van der Waals surface area contributed by atoms with E-state index < -0.39 is 0 Å². The minimum absolute atomic E-state index is 0.152. The van der Waals surface area contributed by atoms with Crippen molar-refractivity contribution in [2.75, 3.05) is 5.73 Å². The van der Waals surface area contributed by atoms with Crippen molar-refractivity contribution in [2.24, 2.45) is 0 Å². The molecule has 3 heterocycles. The van der Waals surface area contributed by atoms with Gasteiger partial charge in [-0.3, -0.25) is 4.79 Å². The molecule has 90 valence electrons. The second-order valence-corrected chi connectivity index (χ2v) is 4.14. The van der Waals surface area contributed by atoms with Gasteiger partial charge < -0.3 is 14.7 Å². The van der Waals surface area contributed by atoms with Gasteiger partial charge in [-0.05, 0) is 12.1 Å². The normalized spacial score (nSPS) is 10.9. The lowest BCUT2D eigenvalue weighted by molar-refractivity contribution is 0.773. The van der Waals surface area contributed by atoms with Crippen LogP contribution in [0.4, 0.5) is 5.69 Å². The van der Waals surface area contributed by atoms with Crippen molar-refractivity contribution in [3.63, 3.8) is 0 Å². The van der Waals surface area contributed by atoms with Gasteiger partial charge in [-0.1, -0.05) is 6.07 Å². The summed E-state index contributed by atoms with van der Waals surface area (Å²) in [6, 6.07) is 7.31. The number of hydrogen-bond donors (Lipinski definition) is 1. The Morgan fingerprint density at radius 2 is 2.06 bits per heavy atom. The van der Waals surface area contributed by atoms with Gasteiger partial charge in [0.05, 0.1) is 17.9 Å². The maximum Gasteiger partial charge on any atom is 0.204 e. The van der Waals surface area contributed by atoms with Gasteiger partial charge in [-0.25, -0.2) is 4.98 Å². The summed E-state index contributed by atoms with van der Waals surface area (Å²) < 4.78 is 3.81. The zero-order valence-corrected chi connectivity index (χ0v) is 9.65. The Hall–Kier alpha value is -2.56. The number of fused-ring (bicyclic) bond motifs is 1. The van der Waals surface area contributed by atoms with Gasteiger partial charge in [0, 0.05) is 30.9 Å². The Kier molecular flexibility index (Phi) is 2.37. The second kappa shape index (κ2) is 4.03. The number of nitrogen functional groups attached to an aromatic ring is 1. The number of imidazole rings is 1. The van der Waals surface area contributed by atoms with Crippen molar-refractivity contribution in [2.45, 2.75) is 6.54 Å². The first kappa shape index (κ1) is 10.6. The molecule has 0 aromatic carbocycles. The molecule has 3 aromatic rings. The van der Waals surface area contributed by atoms with Crippen molar-refractivity contribution in [3.05, 3.63) is 65.0 Å². The van der Waals surface area contributed by atoms with Crippen molar-refractivity contribution >= 4 is 11.3 Å². The number of aromatic nitrogens is 3. The fourth-order valence-electron chi connectivity index (χ4n) is 1.89. The maximum atomic E-state index is 11.2. The topological polar surface area (TPSA) is 65.3 Å². The fraction of sp³-hybridized carbons (Fsp3) is 0.0769. The highest BCUT2D eigenvalue weighted by Gasteiger charge is 2.02. The molecular formula is C13H12N4O. The monoisotopic (exact) mass is 240 g/mol. The van der Waals surface area contributed by atoms with Crippen molar-refractivity contribution < 1.29 is 0 Å². The Labute approximate surface area is 103 Å². The lowest BCUT2D eigenvalue weighted by atomic mass is 10.4. The number of hydrogen-bond acceptors (Lipinski definition) is 3. The third kappa shape index (κ3) is 1.86. The summed E-state index contributed by atoms with van der Waals surface area (Å²) in [4.78, 5) is 15.7. The summed E-state index contributed by atoms with van der Waals surface area (Å²) in [5.74, 6) is 0. The summed E-state index contributed by atoms with van der Waals surface area (Å²) in [6.45, 7) is 0.589. The van der Waals surface area contributed by atoms with E-state index in [0.29, 0.717) is 6.54 Å². The second-order valence-electron chi connectivity index (χ2n) is 4.14. The van der Waals surface area contributed by atoms with E-state index in [4.69, 9.17) is 5.73 Å². The minimum atomic E-state index is -0.152. The molecule has 0 unspecified atom stereocenters. The van der Waals surface area contributed by atoms with Crippen LogP contribution in [-0.2, 0) is 6.54 Å². The molecule has 0 spiro atoms. The largest absolute Gasteiger partial charge is 0.394 e. The summed E-state index contributed by atoms with van der Waals surface area (Å²) in [7, 11) is 0. The highest BCUT2D eigenvalue weighted by Crippen LogP contribution is 2.06. The third-order valence-electron chi connectivity index (χ3n) is 2.77. The molecule has 0 radical (unpaired) electrons. The molecule has 0 atom stereocenters. The number of nitrogens with zero attached hydrogens (tertiary/aromatic N) is 3. The van der Waals surface area contributed by atoms with E-state index in [1.165, 1.54) is 6.07 Å². The van der Waals surface area contributed by atoms with Crippen LogP contribution in [0.2, 0.25) is 0 Å². The van der Waals surface area contributed by atoms with Crippen LogP contribution in [0.5, 0.6) is 0 Å². The van der Waals surface area contributed by atoms with Crippen molar-refractivity contribution in [3.8, 4) is 0 Å². The first-order chi connectivity index (χ1) is 8.72. The average Bonchev–Trinajstić information content (AvgIpc) is 2.76. The first-order valence-electron chi connectivity index (χ1n) is 5.60. The summed E-state index contributed by atoms with van der Waals surface area (Å²) in [6.07, 6.45) is 7.25. The van der Waals surface area contributed by atoms with Gasteiger partial charge in [0.25, 0.3) is 0 Å². The average molecular weight is 240 g/mol. The van der Waals surface area contributed by atoms with Crippen LogP contribution in [-0.4, -0.2) is 14.0 Å². The van der Waals surface area contributed by atoms with Crippen LogP contribution < -0.4 is 11.2 Å².